The third-order valence-corrected chi connectivity index (χ3v) is 2.69. The van der Waals surface area contributed by atoms with Crippen molar-refractivity contribution in [3.05, 3.63) is 29.8 Å². The maximum absolute atomic E-state index is 12.0. The summed E-state index contributed by atoms with van der Waals surface area (Å²) in [5.74, 6) is 0.737. The van der Waals surface area contributed by atoms with Gasteiger partial charge in [-0.1, -0.05) is 12.1 Å². The largest absolute Gasteiger partial charge is 0.497 e. The first-order valence-electron chi connectivity index (χ1n) is 6.67. The number of carbonyl (C=O) groups is 2. The summed E-state index contributed by atoms with van der Waals surface area (Å²) in [5, 5.41) is 2.65. The molecule has 0 aliphatic heterocycles. The Balaban J connectivity index is 2.57. The summed E-state index contributed by atoms with van der Waals surface area (Å²) in [5.41, 5.74) is 6.29. The molecule has 1 aromatic carbocycles. The van der Waals surface area contributed by atoms with Crippen LogP contribution in [0.15, 0.2) is 24.3 Å². The molecule has 3 amide bonds. The molecule has 116 valence electrons. The number of hydrogen-bond acceptors (Lipinski definition) is 5. The van der Waals surface area contributed by atoms with Crippen LogP contribution in [0.3, 0.4) is 0 Å². The lowest BCUT2D eigenvalue weighted by Crippen LogP contribution is -2.46. The molecule has 0 saturated heterocycles. The van der Waals surface area contributed by atoms with Gasteiger partial charge >= 0.3 is 12.1 Å². The highest BCUT2D eigenvalue weighted by Crippen LogP contribution is 2.11. The van der Waals surface area contributed by atoms with Gasteiger partial charge in [-0.2, -0.15) is 0 Å². The van der Waals surface area contributed by atoms with Crippen LogP contribution in [0.25, 0.3) is 0 Å². The Bertz CT molecular complexity index is 462. The van der Waals surface area contributed by atoms with E-state index in [9.17, 15) is 9.59 Å². The fourth-order valence-electron chi connectivity index (χ4n) is 1.62. The van der Waals surface area contributed by atoms with Crippen LogP contribution in [0.1, 0.15) is 12.5 Å². The summed E-state index contributed by atoms with van der Waals surface area (Å²) < 4.78 is 9.87. The van der Waals surface area contributed by atoms with Crippen LogP contribution in [0.2, 0.25) is 0 Å². The Morgan fingerprint density at radius 3 is 2.48 bits per heavy atom. The molecule has 0 saturated carbocycles. The zero-order valence-electron chi connectivity index (χ0n) is 12.3. The molecule has 3 N–H and O–H groups in total. The van der Waals surface area contributed by atoms with E-state index in [-0.39, 0.29) is 19.7 Å². The van der Waals surface area contributed by atoms with Crippen molar-refractivity contribution in [2.45, 2.75) is 13.5 Å². The van der Waals surface area contributed by atoms with Gasteiger partial charge in [0, 0.05) is 19.6 Å². The maximum atomic E-state index is 12.0. The summed E-state index contributed by atoms with van der Waals surface area (Å²) in [7, 11) is 1.58. The van der Waals surface area contributed by atoms with Crippen LogP contribution >= 0.6 is 0 Å². The van der Waals surface area contributed by atoms with E-state index >= 15 is 0 Å². The summed E-state index contributed by atoms with van der Waals surface area (Å²) in [6.45, 7) is 2.45. The Kier molecular flexibility index (Phi) is 7.03. The lowest BCUT2D eigenvalue weighted by Gasteiger charge is -2.19. The minimum Gasteiger partial charge on any atom is -0.497 e. The number of nitrogens with zero attached hydrogens (tertiary/aromatic N) is 1. The van der Waals surface area contributed by atoms with Gasteiger partial charge in [0.1, 0.15) is 5.75 Å². The number of amides is 3. The molecule has 0 aliphatic rings. The van der Waals surface area contributed by atoms with E-state index in [1.807, 2.05) is 12.1 Å². The second-order valence-corrected chi connectivity index (χ2v) is 4.15. The van der Waals surface area contributed by atoms with Gasteiger partial charge in [0.25, 0.3) is 0 Å². The van der Waals surface area contributed by atoms with Crippen molar-refractivity contribution in [1.82, 2.24) is 10.2 Å². The number of urea groups is 1. The molecule has 1 rings (SSSR count). The van der Waals surface area contributed by atoms with Crippen LogP contribution < -0.4 is 15.8 Å². The third kappa shape index (κ3) is 5.31. The number of ether oxygens (including phenoxy) is 2. The second-order valence-electron chi connectivity index (χ2n) is 4.15. The highest BCUT2D eigenvalue weighted by Gasteiger charge is 2.21. The first-order valence-corrected chi connectivity index (χ1v) is 6.67. The summed E-state index contributed by atoms with van der Waals surface area (Å²) in [4.78, 5) is 24.6. The lowest BCUT2D eigenvalue weighted by atomic mass is 10.2. The standard InChI is InChI=1S/C14H21N3O4/c1-3-21-14(19)17(9-8-15)13(18)16-10-11-4-6-12(20-2)7-5-11/h4-7H,3,8-10,15H2,1-2H3,(H,16,18). The molecule has 0 atom stereocenters. The fraction of sp³-hybridized carbons (Fsp3) is 0.429. The average molecular weight is 295 g/mol. The van der Waals surface area contributed by atoms with Crippen LogP contribution in [0, 0.1) is 0 Å². The average Bonchev–Trinajstić information content (AvgIpc) is 2.51. The molecule has 0 bridgehead atoms. The third-order valence-electron chi connectivity index (χ3n) is 2.69. The molecule has 7 nitrogen and oxygen atoms in total. The zero-order valence-corrected chi connectivity index (χ0v) is 12.3. The SMILES string of the molecule is CCOC(=O)N(CCN)C(=O)NCc1ccc(OC)cc1. The van der Waals surface area contributed by atoms with Gasteiger partial charge in [-0.25, -0.2) is 14.5 Å². The number of carbonyl (C=O) groups excluding carboxylic acids is 2. The molecule has 0 aliphatic carbocycles. The van der Waals surface area contributed by atoms with Crippen molar-refractivity contribution >= 4 is 12.1 Å². The van der Waals surface area contributed by atoms with Crippen molar-refractivity contribution < 1.29 is 19.1 Å². The number of benzene rings is 1. The predicted molar refractivity (Wildman–Crippen MR) is 78.0 cm³/mol. The van der Waals surface area contributed by atoms with Gasteiger partial charge in [0.15, 0.2) is 0 Å². The number of nitrogens with two attached hydrogens (primary N) is 1. The van der Waals surface area contributed by atoms with Crippen LogP contribution in [-0.2, 0) is 11.3 Å². The Morgan fingerprint density at radius 1 is 1.29 bits per heavy atom. The van der Waals surface area contributed by atoms with Crippen LogP contribution in [0.4, 0.5) is 9.59 Å². The summed E-state index contributed by atoms with van der Waals surface area (Å²) >= 11 is 0. The predicted octanol–water partition coefficient (Wildman–Crippen LogP) is 1.32. The van der Waals surface area contributed by atoms with E-state index in [2.05, 4.69) is 5.32 Å². The molecular formula is C14H21N3O4. The monoisotopic (exact) mass is 295 g/mol. The van der Waals surface area contributed by atoms with E-state index in [1.54, 1.807) is 26.2 Å². The van der Waals surface area contributed by atoms with E-state index < -0.39 is 12.1 Å². The molecule has 0 radical (unpaired) electrons. The smallest absolute Gasteiger partial charge is 0.418 e. The number of nitrogens with one attached hydrogen (secondary N) is 1. The molecule has 0 fully saturated rings. The minimum atomic E-state index is -0.699. The molecule has 0 unspecified atom stereocenters. The van der Waals surface area contributed by atoms with Crippen molar-refractivity contribution in [2.75, 3.05) is 26.8 Å². The number of hydrogen-bond donors (Lipinski definition) is 2. The highest BCUT2D eigenvalue weighted by molar-refractivity contribution is 5.90. The summed E-state index contributed by atoms with van der Waals surface area (Å²) in [6, 6.07) is 6.72. The number of imide groups is 1. The first-order chi connectivity index (χ1) is 10.1. The van der Waals surface area contributed by atoms with Crippen LogP contribution in [0.5, 0.6) is 5.75 Å². The topological polar surface area (TPSA) is 93.9 Å². The first kappa shape index (κ1) is 16.8. The van der Waals surface area contributed by atoms with Gasteiger partial charge in [0.05, 0.1) is 13.7 Å². The Hall–Kier alpha value is -2.28. The Morgan fingerprint density at radius 2 is 1.95 bits per heavy atom. The van der Waals surface area contributed by atoms with E-state index in [1.165, 1.54) is 0 Å². The van der Waals surface area contributed by atoms with Gasteiger partial charge in [-0.3, -0.25) is 0 Å². The van der Waals surface area contributed by atoms with E-state index in [0.717, 1.165) is 16.2 Å². The molecule has 0 spiro atoms. The Labute approximate surface area is 124 Å². The molecule has 0 aromatic heterocycles. The molecule has 1 aromatic rings. The molecule has 7 heteroatoms. The van der Waals surface area contributed by atoms with Crippen LogP contribution in [-0.4, -0.2) is 43.8 Å². The van der Waals surface area contributed by atoms with Gasteiger partial charge in [0.2, 0.25) is 0 Å². The summed E-state index contributed by atoms with van der Waals surface area (Å²) in [6.07, 6.45) is -0.699. The lowest BCUT2D eigenvalue weighted by molar-refractivity contribution is 0.115. The van der Waals surface area contributed by atoms with Gasteiger partial charge < -0.3 is 20.5 Å². The normalized spacial score (nSPS) is 9.86. The van der Waals surface area contributed by atoms with Gasteiger partial charge in [-0.05, 0) is 24.6 Å². The zero-order chi connectivity index (χ0) is 15.7. The van der Waals surface area contributed by atoms with E-state index in [4.69, 9.17) is 15.2 Å². The fourth-order valence-corrected chi connectivity index (χ4v) is 1.62. The maximum Gasteiger partial charge on any atom is 0.418 e. The number of rotatable bonds is 6. The van der Waals surface area contributed by atoms with Crippen molar-refractivity contribution in [2.24, 2.45) is 5.73 Å². The quantitative estimate of drug-likeness (QED) is 0.825. The molecule has 0 heterocycles. The highest BCUT2D eigenvalue weighted by atomic mass is 16.6. The van der Waals surface area contributed by atoms with Crippen molar-refractivity contribution in [1.29, 1.82) is 0 Å². The molecule has 21 heavy (non-hydrogen) atoms. The number of methoxy groups -OCH3 is 1. The molecular weight excluding hydrogens is 274 g/mol. The second kappa shape index (κ2) is 8.80. The minimum absolute atomic E-state index is 0.104. The van der Waals surface area contributed by atoms with Gasteiger partial charge in [-0.15, -0.1) is 0 Å². The van der Waals surface area contributed by atoms with Crippen molar-refractivity contribution in [3.63, 3.8) is 0 Å². The van der Waals surface area contributed by atoms with Crippen molar-refractivity contribution in [3.8, 4) is 5.75 Å². The van der Waals surface area contributed by atoms with E-state index in [0.29, 0.717) is 6.54 Å².